The molecule has 0 unspecified atom stereocenters. The molecule has 3 rings (SSSR count). The third kappa shape index (κ3) is 5.15. The highest BCUT2D eigenvalue weighted by Crippen LogP contribution is 2.26. The third-order valence-corrected chi connectivity index (χ3v) is 4.08. The lowest BCUT2D eigenvalue weighted by Crippen LogP contribution is -2.20. The summed E-state index contributed by atoms with van der Waals surface area (Å²) < 4.78 is 10.7. The number of ether oxygens (including phenoxy) is 2. The number of rotatable bonds is 7. The zero-order chi connectivity index (χ0) is 19.1. The van der Waals surface area contributed by atoms with Crippen LogP contribution in [0, 0.1) is 0 Å². The van der Waals surface area contributed by atoms with Crippen molar-refractivity contribution in [2.45, 2.75) is 0 Å². The number of halogens is 1. The van der Waals surface area contributed by atoms with Crippen LogP contribution in [-0.4, -0.2) is 19.6 Å². The normalized spacial score (nSPS) is 10.1. The van der Waals surface area contributed by atoms with Crippen molar-refractivity contribution in [3.63, 3.8) is 0 Å². The summed E-state index contributed by atoms with van der Waals surface area (Å²) in [6.07, 6.45) is 0. The number of hydrogen-bond donors (Lipinski definition) is 2. The van der Waals surface area contributed by atoms with Gasteiger partial charge >= 0.3 is 0 Å². The first-order chi connectivity index (χ1) is 13.2. The molecule has 0 aliphatic heterocycles. The fraction of sp³-hybridized carbons (Fsp3) is 0.0952. The molecule has 3 aromatic rings. The van der Waals surface area contributed by atoms with Crippen LogP contribution in [0.5, 0.6) is 11.5 Å². The largest absolute Gasteiger partial charge is 0.493 e. The van der Waals surface area contributed by atoms with Crippen LogP contribution in [0.15, 0.2) is 72.8 Å². The van der Waals surface area contributed by atoms with Gasteiger partial charge in [-0.15, -0.1) is 0 Å². The van der Waals surface area contributed by atoms with Gasteiger partial charge in [0.05, 0.1) is 17.8 Å². The van der Waals surface area contributed by atoms with E-state index in [0.717, 1.165) is 11.4 Å². The smallest absolute Gasteiger partial charge is 0.262 e. The van der Waals surface area contributed by atoms with Crippen LogP contribution >= 0.6 is 11.6 Å². The minimum Gasteiger partial charge on any atom is -0.493 e. The van der Waals surface area contributed by atoms with Gasteiger partial charge < -0.3 is 20.1 Å². The van der Waals surface area contributed by atoms with Crippen LogP contribution in [0.2, 0.25) is 5.02 Å². The molecular weight excluding hydrogens is 364 g/mol. The Hall–Kier alpha value is -3.18. The van der Waals surface area contributed by atoms with E-state index < -0.39 is 0 Å². The van der Waals surface area contributed by atoms with E-state index in [1.165, 1.54) is 0 Å². The van der Waals surface area contributed by atoms with E-state index in [1.807, 2.05) is 48.5 Å². The molecule has 0 saturated heterocycles. The zero-order valence-electron chi connectivity index (χ0n) is 14.7. The van der Waals surface area contributed by atoms with Gasteiger partial charge in [0.1, 0.15) is 0 Å². The lowest BCUT2D eigenvalue weighted by molar-refractivity contribution is -0.118. The first-order valence-corrected chi connectivity index (χ1v) is 8.71. The molecule has 0 aromatic heterocycles. The number of nitrogens with one attached hydrogen (secondary N) is 2. The maximum Gasteiger partial charge on any atom is 0.262 e. The number of carbonyl (C=O) groups is 1. The number of para-hydroxylation sites is 3. The Bertz CT molecular complexity index is 913. The van der Waals surface area contributed by atoms with Gasteiger partial charge in [-0.3, -0.25) is 4.79 Å². The quantitative estimate of drug-likeness (QED) is 0.596. The molecule has 0 spiro atoms. The Morgan fingerprint density at radius 1 is 0.889 bits per heavy atom. The standard InChI is InChI=1S/C21H19ClN2O3/c1-26-19-8-4-5-9-20(19)27-14-21(25)24-16-12-10-15(11-13-16)23-18-7-3-2-6-17(18)22/h2-13,23H,14H2,1H3,(H,24,25). The monoisotopic (exact) mass is 382 g/mol. The molecule has 2 N–H and O–H groups in total. The van der Waals surface area contributed by atoms with Gasteiger partial charge in [-0.25, -0.2) is 0 Å². The summed E-state index contributed by atoms with van der Waals surface area (Å²) in [4.78, 5) is 12.1. The number of hydrogen-bond acceptors (Lipinski definition) is 4. The summed E-state index contributed by atoms with van der Waals surface area (Å²) >= 11 is 6.14. The van der Waals surface area contributed by atoms with Crippen LogP contribution in [-0.2, 0) is 4.79 Å². The number of benzene rings is 3. The summed E-state index contributed by atoms with van der Waals surface area (Å²) in [5.74, 6) is 0.849. The van der Waals surface area contributed by atoms with E-state index >= 15 is 0 Å². The lowest BCUT2D eigenvalue weighted by atomic mass is 10.2. The Balaban J connectivity index is 1.55. The predicted molar refractivity (Wildman–Crippen MR) is 108 cm³/mol. The molecule has 0 atom stereocenters. The fourth-order valence-corrected chi connectivity index (χ4v) is 2.62. The van der Waals surface area contributed by atoms with E-state index in [0.29, 0.717) is 22.2 Å². The molecule has 6 heteroatoms. The molecular formula is C21H19ClN2O3. The molecule has 138 valence electrons. The van der Waals surface area contributed by atoms with Crippen molar-refractivity contribution in [2.75, 3.05) is 24.4 Å². The summed E-state index contributed by atoms with van der Waals surface area (Å²) in [7, 11) is 1.56. The van der Waals surface area contributed by atoms with Crippen molar-refractivity contribution in [2.24, 2.45) is 0 Å². The molecule has 5 nitrogen and oxygen atoms in total. The summed E-state index contributed by atoms with van der Waals surface area (Å²) in [5.41, 5.74) is 2.36. The second-order valence-corrected chi connectivity index (χ2v) is 6.08. The van der Waals surface area contributed by atoms with Crippen molar-refractivity contribution in [3.8, 4) is 11.5 Å². The van der Waals surface area contributed by atoms with Crippen LogP contribution < -0.4 is 20.1 Å². The number of amides is 1. The second-order valence-electron chi connectivity index (χ2n) is 5.67. The van der Waals surface area contributed by atoms with Crippen molar-refractivity contribution in [3.05, 3.63) is 77.8 Å². The van der Waals surface area contributed by atoms with Crippen molar-refractivity contribution in [1.29, 1.82) is 0 Å². The van der Waals surface area contributed by atoms with Crippen LogP contribution in [0.1, 0.15) is 0 Å². The third-order valence-electron chi connectivity index (χ3n) is 3.75. The predicted octanol–water partition coefficient (Wildman–Crippen LogP) is 5.11. The molecule has 0 bridgehead atoms. The highest BCUT2D eigenvalue weighted by atomic mass is 35.5. The van der Waals surface area contributed by atoms with Gasteiger partial charge in [0, 0.05) is 11.4 Å². The number of anilines is 3. The van der Waals surface area contributed by atoms with Crippen molar-refractivity contribution < 1.29 is 14.3 Å². The van der Waals surface area contributed by atoms with Gasteiger partial charge in [-0.1, -0.05) is 35.9 Å². The van der Waals surface area contributed by atoms with Crippen molar-refractivity contribution >= 4 is 34.6 Å². The molecule has 0 radical (unpaired) electrons. The van der Waals surface area contributed by atoms with Gasteiger partial charge in [0.15, 0.2) is 18.1 Å². The van der Waals surface area contributed by atoms with Crippen LogP contribution in [0.25, 0.3) is 0 Å². The van der Waals surface area contributed by atoms with E-state index in [9.17, 15) is 4.79 Å². The molecule has 0 heterocycles. The SMILES string of the molecule is COc1ccccc1OCC(=O)Nc1ccc(Nc2ccccc2Cl)cc1. The van der Waals surface area contributed by atoms with Gasteiger partial charge in [-0.2, -0.15) is 0 Å². The van der Waals surface area contributed by atoms with Crippen LogP contribution in [0.3, 0.4) is 0 Å². The second kappa shape index (κ2) is 8.96. The van der Waals surface area contributed by atoms with E-state index in [-0.39, 0.29) is 12.5 Å². The topological polar surface area (TPSA) is 59.6 Å². The Morgan fingerprint density at radius 3 is 2.22 bits per heavy atom. The fourth-order valence-electron chi connectivity index (χ4n) is 2.43. The van der Waals surface area contributed by atoms with Crippen LogP contribution in [0.4, 0.5) is 17.1 Å². The highest BCUT2D eigenvalue weighted by Gasteiger charge is 2.07. The average Bonchev–Trinajstić information content (AvgIpc) is 2.70. The molecule has 27 heavy (non-hydrogen) atoms. The first-order valence-electron chi connectivity index (χ1n) is 8.33. The highest BCUT2D eigenvalue weighted by molar-refractivity contribution is 6.33. The zero-order valence-corrected chi connectivity index (χ0v) is 15.5. The molecule has 0 aliphatic carbocycles. The number of methoxy groups -OCH3 is 1. The molecule has 0 fully saturated rings. The summed E-state index contributed by atoms with van der Waals surface area (Å²) in [5, 5.41) is 6.66. The van der Waals surface area contributed by atoms with Crippen molar-refractivity contribution in [1.82, 2.24) is 0 Å². The molecule has 0 saturated carbocycles. The number of carbonyl (C=O) groups excluding carboxylic acids is 1. The minimum atomic E-state index is -0.257. The lowest BCUT2D eigenvalue weighted by Gasteiger charge is -2.11. The average molecular weight is 383 g/mol. The van der Waals surface area contributed by atoms with Gasteiger partial charge in [-0.05, 0) is 48.5 Å². The first kappa shape index (κ1) is 18.6. The van der Waals surface area contributed by atoms with E-state index in [2.05, 4.69) is 10.6 Å². The maximum atomic E-state index is 12.1. The summed E-state index contributed by atoms with van der Waals surface area (Å²) in [6, 6.07) is 22.0. The van der Waals surface area contributed by atoms with Gasteiger partial charge in [0.2, 0.25) is 0 Å². The van der Waals surface area contributed by atoms with E-state index in [4.69, 9.17) is 21.1 Å². The Kier molecular flexibility index (Phi) is 6.18. The molecule has 3 aromatic carbocycles. The Labute approximate surface area is 162 Å². The minimum absolute atomic E-state index is 0.111. The summed E-state index contributed by atoms with van der Waals surface area (Å²) in [6.45, 7) is -0.111. The van der Waals surface area contributed by atoms with Gasteiger partial charge in [0.25, 0.3) is 5.91 Å². The molecule has 1 amide bonds. The molecule has 0 aliphatic rings. The maximum absolute atomic E-state index is 12.1. The van der Waals surface area contributed by atoms with E-state index in [1.54, 1.807) is 31.4 Å². The Morgan fingerprint density at radius 2 is 1.52 bits per heavy atom.